The Kier molecular flexibility index (Phi) is 19.7. The van der Waals surface area contributed by atoms with E-state index < -0.39 is 273 Å². The summed E-state index contributed by atoms with van der Waals surface area (Å²) in [6.07, 6.45) is -25.5. The first-order valence-corrected chi connectivity index (χ1v) is 32.0. The third-order valence-electron chi connectivity index (χ3n) is 13.6. The van der Waals surface area contributed by atoms with Gasteiger partial charge in [0.2, 0.25) is 0 Å². The van der Waals surface area contributed by atoms with Crippen LogP contribution in [-0.2, 0) is 57.2 Å². The molecule has 0 unspecified atom stereocenters. The molecular formula is C56H34F20N4O12S4. The average molecular weight is 1460 g/mol. The first kappa shape index (κ1) is 72.0. The lowest BCUT2D eigenvalue weighted by atomic mass is 10.0. The molecule has 0 atom stereocenters. The van der Waals surface area contributed by atoms with E-state index in [1.54, 1.807) is 0 Å². The molecule has 514 valence electrons. The van der Waals surface area contributed by atoms with Gasteiger partial charge < -0.3 is 9.97 Å². The molecule has 2 N–H and O–H groups in total. The van der Waals surface area contributed by atoms with Crippen molar-refractivity contribution in [3.63, 3.8) is 0 Å². The third kappa shape index (κ3) is 15.4. The summed E-state index contributed by atoms with van der Waals surface area (Å²) in [5, 5.41) is 0. The number of benzene rings is 4. The summed E-state index contributed by atoms with van der Waals surface area (Å²) >= 11 is 0. The van der Waals surface area contributed by atoms with E-state index in [4.69, 9.17) is 0 Å². The molecule has 96 heavy (non-hydrogen) atoms. The SMILES string of the molecule is O=S(=O)(OCCC(F)(F)F)c1ccc(F)c(-c2c3nc(c(-c4c(F)ccc(S(=O)(=O)OCCC(F)(F)F)c4F)c4ccc([nH]4)c(-c4c(F)ccc(S(=O)(=O)OCCC(F)(F)F)c4F)c4nc(c(-c5c(F)ccc(S(=O)(=O)OCCC(F)(F)F)c5F)c5ccc2[nH]5)C=C4)C=C3)c1F. The van der Waals surface area contributed by atoms with E-state index >= 15 is 35.1 Å². The van der Waals surface area contributed by atoms with Gasteiger partial charge in [-0.05, 0) is 97.1 Å². The summed E-state index contributed by atoms with van der Waals surface area (Å²) in [5.74, 6) is -16.3. The van der Waals surface area contributed by atoms with Crippen LogP contribution < -0.4 is 0 Å². The van der Waals surface area contributed by atoms with Gasteiger partial charge in [0.1, 0.15) is 42.9 Å². The van der Waals surface area contributed by atoms with Crippen LogP contribution >= 0.6 is 0 Å². The van der Waals surface area contributed by atoms with Gasteiger partial charge in [0, 0.05) is 44.3 Å². The van der Waals surface area contributed by atoms with Gasteiger partial charge in [-0.3, -0.25) is 16.7 Å². The average Bonchev–Trinajstić information content (AvgIpc) is 1.49. The highest BCUT2D eigenvalue weighted by atomic mass is 32.2. The number of aromatic amines is 2. The lowest BCUT2D eigenvalue weighted by Crippen LogP contribution is -2.16. The number of alkyl halides is 12. The first-order valence-electron chi connectivity index (χ1n) is 26.3. The van der Waals surface area contributed by atoms with Crippen molar-refractivity contribution in [3.05, 3.63) is 142 Å². The second-order valence-electron chi connectivity index (χ2n) is 20.0. The van der Waals surface area contributed by atoms with E-state index in [0.29, 0.717) is 24.3 Å². The maximum Gasteiger partial charge on any atom is 0.391 e. The minimum absolute atomic E-state index is 0.167. The number of nitrogens with one attached hydrogen (secondary N) is 2. The van der Waals surface area contributed by atoms with Crippen molar-refractivity contribution in [2.45, 2.75) is 70.0 Å². The fourth-order valence-electron chi connectivity index (χ4n) is 9.40. The number of hydrogen-bond acceptors (Lipinski definition) is 14. The first-order chi connectivity index (χ1) is 44.4. The molecule has 9 rings (SSSR count). The normalized spacial score (nSPS) is 13.5. The summed E-state index contributed by atoms with van der Waals surface area (Å²) in [6.45, 7) is -6.82. The minimum Gasteiger partial charge on any atom is -0.354 e. The number of rotatable bonds is 20. The minimum atomic E-state index is -5.75. The van der Waals surface area contributed by atoms with Crippen molar-refractivity contribution >= 4 is 86.8 Å². The highest BCUT2D eigenvalue weighted by Gasteiger charge is 2.38. The Balaban J connectivity index is 1.48. The second-order valence-corrected chi connectivity index (χ2v) is 26.3. The molecule has 7 aromatic rings. The van der Waals surface area contributed by atoms with Gasteiger partial charge in [0.05, 0.1) is 97.1 Å². The zero-order valence-electron chi connectivity index (χ0n) is 46.9. The molecule has 0 saturated carbocycles. The van der Waals surface area contributed by atoms with Gasteiger partial charge in [0.15, 0.2) is 23.3 Å². The predicted molar refractivity (Wildman–Crippen MR) is 296 cm³/mol. The standard InChI is InChI=1S/C56H34F20N4O12S4/c57-25-1-13-37(93(81,82)89-21-17-53(65,66)67)49(61)41(25)45-29-5-7-31(77-29)46(42-26(58)2-14-38(50(42)62)94(83,84)90-22-18-54(68,69)70)33-9-11-35(79-33)48(44-28(60)4-16-40(52(44)64)96(87,88)92-24-20-56(74,75)76)36-12-10-34(80-36)47(32-8-6-30(45)78-32)43-27(59)3-15-39(51(43)63)95(85,86)91-23-19-55(71,72)73/h1-16,77,80H,17-24H2. The summed E-state index contributed by atoms with van der Waals surface area (Å²) < 4.78 is 419. The van der Waals surface area contributed by atoms with Crippen molar-refractivity contribution in [2.75, 3.05) is 26.4 Å². The fourth-order valence-corrected chi connectivity index (χ4v) is 13.3. The van der Waals surface area contributed by atoms with E-state index in [2.05, 4.69) is 36.7 Å². The molecule has 40 heteroatoms. The lowest BCUT2D eigenvalue weighted by Gasteiger charge is -2.14. The quantitative estimate of drug-likeness (QED) is 0.0534. The largest absolute Gasteiger partial charge is 0.391 e. The van der Waals surface area contributed by atoms with Crippen LogP contribution in [0.25, 0.3) is 90.9 Å². The summed E-state index contributed by atoms with van der Waals surface area (Å²) in [5.41, 5.74) is -18.1. The van der Waals surface area contributed by atoms with Gasteiger partial charge in [-0.15, -0.1) is 0 Å². The van der Waals surface area contributed by atoms with E-state index in [-0.39, 0.29) is 48.5 Å². The molecule has 0 fully saturated rings. The molecular weight excluding hydrogens is 1430 g/mol. The zero-order chi connectivity index (χ0) is 70.8. The smallest absolute Gasteiger partial charge is 0.354 e. The maximum atomic E-state index is 17.3. The van der Waals surface area contributed by atoms with Crippen LogP contribution in [0.5, 0.6) is 0 Å². The highest BCUT2D eigenvalue weighted by Crippen LogP contribution is 2.45. The van der Waals surface area contributed by atoms with E-state index in [1.165, 1.54) is 0 Å². The van der Waals surface area contributed by atoms with E-state index in [0.717, 1.165) is 24.3 Å². The van der Waals surface area contributed by atoms with E-state index in [9.17, 15) is 86.4 Å². The maximum absolute atomic E-state index is 17.3. The predicted octanol–water partition coefficient (Wildman–Crippen LogP) is 15.1. The van der Waals surface area contributed by atoms with Gasteiger partial charge in [-0.1, -0.05) is 0 Å². The fraction of sp³-hybridized carbons (Fsp3) is 0.214. The topological polar surface area (TPSA) is 231 Å². The van der Waals surface area contributed by atoms with Crippen molar-refractivity contribution in [2.24, 2.45) is 0 Å². The van der Waals surface area contributed by atoms with Crippen LogP contribution in [-0.4, -0.2) is 105 Å². The Morgan fingerprint density at radius 3 is 0.656 bits per heavy atom. The molecule has 4 aromatic carbocycles. The number of H-pyrrole nitrogens is 2. The molecule has 0 amide bonds. The Morgan fingerprint density at radius 1 is 0.292 bits per heavy atom. The number of nitrogens with zero attached hydrogens (tertiary/aromatic N) is 2. The van der Waals surface area contributed by atoms with Gasteiger partial charge in [-0.2, -0.15) is 86.4 Å². The Hall–Kier alpha value is -8.28. The molecule has 0 radical (unpaired) electrons. The summed E-state index contributed by atoms with van der Waals surface area (Å²) in [7, 11) is -23.0. The van der Waals surface area contributed by atoms with Crippen molar-refractivity contribution in [1.29, 1.82) is 0 Å². The molecule has 2 aliphatic heterocycles. The molecule has 5 heterocycles. The second kappa shape index (κ2) is 26.3. The molecule has 0 aliphatic carbocycles. The monoisotopic (exact) mass is 1460 g/mol. The lowest BCUT2D eigenvalue weighted by molar-refractivity contribution is -0.140. The number of aromatic nitrogens is 4. The Bertz CT molecular complexity index is 4420. The summed E-state index contributed by atoms with van der Waals surface area (Å²) in [4.78, 5) is 6.50. The zero-order valence-corrected chi connectivity index (χ0v) is 50.1. The van der Waals surface area contributed by atoms with Crippen LogP contribution in [0.3, 0.4) is 0 Å². The highest BCUT2D eigenvalue weighted by molar-refractivity contribution is 7.87. The van der Waals surface area contributed by atoms with Gasteiger partial charge in [-0.25, -0.2) is 45.1 Å². The van der Waals surface area contributed by atoms with Crippen LogP contribution in [0.2, 0.25) is 0 Å². The number of fused-ring (bicyclic) bond motifs is 8. The van der Waals surface area contributed by atoms with Crippen molar-refractivity contribution in [1.82, 2.24) is 19.9 Å². The number of halogens is 20. The Morgan fingerprint density at radius 2 is 0.479 bits per heavy atom. The molecule has 2 aliphatic rings. The van der Waals surface area contributed by atoms with Crippen LogP contribution in [0, 0.1) is 46.5 Å². The van der Waals surface area contributed by atoms with Crippen molar-refractivity contribution in [3.8, 4) is 44.5 Å². The van der Waals surface area contributed by atoms with E-state index in [1.807, 2.05) is 0 Å². The Labute approximate surface area is 526 Å². The van der Waals surface area contributed by atoms with Crippen molar-refractivity contribution < 1.29 is 138 Å². The molecule has 8 bridgehead atoms. The molecule has 3 aromatic heterocycles. The molecule has 16 nitrogen and oxygen atoms in total. The van der Waals surface area contributed by atoms with Crippen LogP contribution in [0.4, 0.5) is 87.8 Å². The van der Waals surface area contributed by atoms with Gasteiger partial charge >= 0.3 is 24.7 Å². The van der Waals surface area contributed by atoms with Gasteiger partial charge in [0.25, 0.3) is 40.5 Å². The van der Waals surface area contributed by atoms with Crippen LogP contribution in [0.15, 0.2) is 92.4 Å². The van der Waals surface area contributed by atoms with Crippen LogP contribution in [0.1, 0.15) is 48.5 Å². The number of hydrogen-bond donors (Lipinski definition) is 2. The third-order valence-corrected chi connectivity index (χ3v) is 18.9. The molecule has 0 spiro atoms. The summed E-state index contributed by atoms with van der Waals surface area (Å²) in [6, 6.07) is 4.36. The molecule has 0 saturated heterocycles.